The summed E-state index contributed by atoms with van der Waals surface area (Å²) in [5.41, 5.74) is 5.61. The number of ether oxygens (including phenoxy) is 1. The van der Waals surface area contributed by atoms with Crippen LogP contribution in [0.15, 0.2) is 47.5 Å². The molecule has 0 aromatic heterocycles. The van der Waals surface area contributed by atoms with Gasteiger partial charge in [0.2, 0.25) is 0 Å². The van der Waals surface area contributed by atoms with E-state index >= 15 is 0 Å². The van der Waals surface area contributed by atoms with Gasteiger partial charge in [-0.05, 0) is 47.9 Å². The third-order valence-electron chi connectivity index (χ3n) is 4.31. The number of rotatable bonds is 4. The standard InChI is InChI=1S/C18H17F2N3O3/c1-10-8-12(6-7-14(10)26-16(19)20)18(11-4-3-5-13(24)9-11)15(25)23(2)17(21)22-18/h3-9,16,24H,1-2H3,(H2,21,22). The molecule has 3 N–H and O–H groups in total. The number of aromatic hydroxyl groups is 1. The number of carbonyl (C=O) groups is 1. The van der Waals surface area contributed by atoms with Gasteiger partial charge in [0.15, 0.2) is 11.5 Å². The lowest BCUT2D eigenvalue weighted by Crippen LogP contribution is -2.41. The molecule has 0 saturated heterocycles. The number of carbonyl (C=O) groups excluding carboxylic acids is 1. The van der Waals surface area contributed by atoms with Crippen molar-refractivity contribution >= 4 is 11.9 Å². The van der Waals surface area contributed by atoms with Crippen LogP contribution in [0.3, 0.4) is 0 Å². The molecule has 1 aliphatic rings. The number of halogens is 2. The van der Waals surface area contributed by atoms with E-state index in [-0.39, 0.29) is 17.5 Å². The lowest BCUT2D eigenvalue weighted by molar-refractivity contribution is -0.129. The highest BCUT2D eigenvalue weighted by Crippen LogP contribution is 2.41. The Labute approximate surface area is 148 Å². The van der Waals surface area contributed by atoms with Crippen LogP contribution in [0.2, 0.25) is 0 Å². The first-order valence-electron chi connectivity index (χ1n) is 7.74. The summed E-state index contributed by atoms with van der Waals surface area (Å²) in [6, 6.07) is 10.5. The molecule has 1 aliphatic heterocycles. The SMILES string of the molecule is Cc1cc(C2(c3cccc(O)c3)N=C(N)N(C)C2=O)ccc1OC(F)F. The first-order valence-corrected chi connectivity index (χ1v) is 7.74. The number of amides is 1. The first kappa shape index (κ1) is 17.7. The highest BCUT2D eigenvalue weighted by Gasteiger charge is 2.49. The van der Waals surface area contributed by atoms with Gasteiger partial charge in [0, 0.05) is 7.05 Å². The molecule has 0 bridgehead atoms. The van der Waals surface area contributed by atoms with Crippen molar-refractivity contribution in [2.75, 3.05) is 7.05 Å². The Balaban J connectivity index is 2.21. The van der Waals surface area contributed by atoms with Crippen LogP contribution in [0.4, 0.5) is 8.78 Å². The molecule has 2 aromatic carbocycles. The van der Waals surface area contributed by atoms with E-state index in [0.717, 1.165) is 0 Å². The molecule has 1 heterocycles. The normalized spacial score (nSPS) is 19.8. The third kappa shape index (κ3) is 2.73. The van der Waals surface area contributed by atoms with E-state index in [0.29, 0.717) is 16.7 Å². The first-order chi connectivity index (χ1) is 12.3. The van der Waals surface area contributed by atoms with Crippen LogP contribution in [-0.2, 0) is 10.3 Å². The Morgan fingerprint density at radius 2 is 1.92 bits per heavy atom. The van der Waals surface area contributed by atoms with Gasteiger partial charge >= 0.3 is 6.61 Å². The Hall–Kier alpha value is -3.16. The fraction of sp³-hybridized carbons (Fsp3) is 0.222. The van der Waals surface area contributed by atoms with Gasteiger partial charge in [-0.1, -0.05) is 18.2 Å². The molecule has 2 aromatic rings. The second-order valence-electron chi connectivity index (χ2n) is 5.95. The van der Waals surface area contributed by atoms with E-state index < -0.39 is 18.1 Å². The quantitative estimate of drug-likeness (QED) is 0.875. The fourth-order valence-electron chi connectivity index (χ4n) is 3.02. The minimum Gasteiger partial charge on any atom is -0.508 e. The largest absolute Gasteiger partial charge is 0.508 e. The van der Waals surface area contributed by atoms with Crippen molar-refractivity contribution in [2.24, 2.45) is 10.7 Å². The maximum Gasteiger partial charge on any atom is 0.387 e. The number of aliphatic imine (C=N–C) groups is 1. The molecule has 0 spiro atoms. The number of aryl methyl sites for hydroxylation is 1. The summed E-state index contributed by atoms with van der Waals surface area (Å²) in [4.78, 5) is 18.6. The molecule has 8 heteroatoms. The Kier molecular flexibility index (Phi) is 4.27. The van der Waals surface area contributed by atoms with E-state index in [4.69, 9.17) is 5.73 Å². The molecule has 6 nitrogen and oxygen atoms in total. The van der Waals surface area contributed by atoms with Crippen molar-refractivity contribution in [2.45, 2.75) is 19.1 Å². The van der Waals surface area contributed by atoms with Crippen molar-refractivity contribution in [3.63, 3.8) is 0 Å². The van der Waals surface area contributed by atoms with E-state index in [9.17, 15) is 18.7 Å². The molecule has 136 valence electrons. The summed E-state index contributed by atoms with van der Waals surface area (Å²) >= 11 is 0. The number of likely N-dealkylation sites (N-methyl/N-ethyl adjacent to an activating group) is 1. The average molecular weight is 361 g/mol. The van der Waals surface area contributed by atoms with Gasteiger partial charge in [-0.3, -0.25) is 9.69 Å². The predicted octanol–water partition coefficient (Wildman–Crippen LogP) is 2.33. The zero-order valence-electron chi connectivity index (χ0n) is 14.1. The fourth-order valence-corrected chi connectivity index (χ4v) is 3.02. The molecule has 0 radical (unpaired) electrons. The second-order valence-corrected chi connectivity index (χ2v) is 5.95. The summed E-state index contributed by atoms with van der Waals surface area (Å²) in [6.07, 6.45) is 0. The monoisotopic (exact) mass is 361 g/mol. The number of phenolic OH excluding ortho intramolecular Hbond substituents is 1. The highest BCUT2D eigenvalue weighted by molar-refractivity contribution is 6.09. The van der Waals surface area contributed by atoms with Gasteiger partial charge in [-0.2, -0.15) is 8.78 Å². The van der Waals surface area contributed by atoms with Gasteiger partial charge < -0.3 is 15.6 Å². The molecular weight excluding hydrogens is 344 g/mol. The molecule has 0 fully saturated rings. The van der Waals surface area contributed by atoms with Gasteiger partial charge in [0.25, 0.3) is 5.91 Å². The number of hydrogen-bond acceptors (Lipinski definition) is 5. The minimum atomic E-state index is -2.95. The summed E-state index contributed by atoms with van der Waals surface area (Å²) in [7, 11) is 1.49. The number of nitrogens with two attached hydrogens (primary N) is 1. The number of benzene rings is 2. The lowest BCUT2D eigenvalue weighted by atomic mass is 9.82. The summed E-state index contributed by atoms with van der Waals surface area (Å²) < 4.78 is 29.5. The highest BCUT2D eigenvalue weighted by atomic mass is 19.3. The molecule has 3 rings (SSSR count). The molecule has 26 heavy (non-hydrogen) atoms. The maximum absolute atomic E-state index is 13.0. The van der Waals surface area contributed by atoms with Crippen molar-refractivity contribution < 1.29 is 23.4 Å². The smallest absolute Gasteiger partial charge is 0.387 e. The predicted molar refractivity (Wildman–Crippen MR) is 91.1 cm³/mol. The van der Waals surface area contributed by atoms with E-state index in [1.165, 1.54) is 36.2 Å². The van der Waals surface area contributed by atoms with Crippen LogP contribution in [0.1, 0.15) is 16.7 Å². The molecule has 1 unspecified atom stereocenters. The van der Waals surface area contributed by atoms with Crippen LogP contribution in [0, 0.1) is 6.92 Å². The topological polar surface area (TPSA) is 88.2 Å². The van der Waals surface area contributed by atoms with Crippen LogP contribution >= 0.6 is 0 Å². The van der Waals surface area contributed by atoms with E-state index in [2.05, 4.69) is 9.73 Å². The average Bonchev–Trinajstić information content (AvgIpc) is 2.81. The van der Waals surface area contributed by atoms with Crippen molar-refractivity contribution in [3.05, 3.63) is 59.2 Å². The van der Waals surface area contributed by atoms with Gasteiger partial charge in [0.1, 0.15) is 11.5 Å². The zero-order chi connectivity index (χ0) is 19.1. The summed E-state index contributed by atoms with van der Waals surface area (Å²) in [5, 5.41) is 9.84. The second kappa shape index (κ2) is 6.29. The Morgan fingerprint density at radius 3 is 2.46 bits per heavy atom. The van der Waals surface area contributed by atoms with Gasteiger partial charge in [0.05, 0.1) is 0 Å². The van der Waals surface area contributed by atoms with Crippen LogP contribution in [-0.4, -0.2) is 35.5 Å². The summed E-state index contributed by atoms with van der Waals surface area (Å²) in [5.74, 6) is -0.427. The van der Waals surface area contributed by atoms with Gasteiger partial charge in [-0.15, -0.1) is 0 Å². The number of alkyl halides is 2. The number of phenols is 1. The van der Waals surface area contributed by atoms with Crippen molar-refractivity contribution in [3.8, 4) is 11.5 Å². The van der Waals surface area contributed by atoms with Crippen molar-refractivity contribution in [1.29, 1.82) is 0 Å². The van der Waals surface area contributed by atoms with Crippen molar-refractivity contribution in [1.82, 2.24) is 4.90 Å². The molecule has 0 aliphatic carbocycles. The van der Waals surface area contributed by atoms with Crippen LogP contribution in [0.25, 0.3) is 0 Å². The summed E-state index contributed by atoms with van der Waals surface area (Å²) in [6.45, 7) is -1.36. The maximum atomic E-state index is 13.0. The number of nitrogens with zero attached hydrogens (tertiary/aromatic N) is 2. The van der Waals surface area contributed by atoms with Crippen LogP contribution < -0.4 is 10.5 Å². The molecular formula is C18H17F2N3O3. The van der Waals surface area contributed by atoms with Crippen LogP contribution in [0.5, 0.6) is 11.5 Å². The zero-order valence-corrected chi connectivity index (χ0v) is 14.1. The van der Waals surface area contributed by atoms with Gasteiger partial charge in [-0.25, -0.2) is 4.99 Å². The lowest BCUT2D eigenvalue weighted by Gasteiger charge is -2.27. The van der Waals surface area contributed by atoms with E-state index in [1.54, 1.807) is 25.1 Å². The minimum absolute atomic E-state index is 0.00515. The third-order valence-corrected chi connectivity index (χ3v) is 4.31. The molecule has 1 atom stereocenters. The van der Waals surface area contributed by atoms with E-state index in [1.807, 2.05) is 0 Å². The molecule has 0 saturated carbocycles. The molecule has 1 amide bonds. The number of hydrogen-bond donors (Lipinski definition) is 2. The Morgan fingerprint density at radius 1 is 1.23 bits per heavy atom. The number of guanidine groups is 1. The Bertz CT molecular complexity index is 901.